The second kappa shape index (κ2) is 5.12. The van der Waals surface area contributed by atoms with Crippen molar-refractivity contribution in [3.63, 3.8) is 0 Å². The molecule has 0 N–H and O–H groups in total. The first-order chi connectivity index (χ1) is 15.7. The minimum absolute atomic E-state index is 0.181. The molecule has 0 aliphatic rings. The van der Waals surface area contributed by atoms with Gasteiger partial charge < -0.3 is 0 Å². The molecule has 0 aliphatic heterocycles. The smallest absolute Gasteiger partial charge is 0.264 e. The molecule has 0 saturated heterocycles. The summed E-state index contributed by atoms with van der Waals surface area (Å²) in [4.78, 5) is 45.0. The van der Waals surface area contributed by atoms with Gasteiger partial charge in [0.25, 0.3) is 11.1 Å². The molecule has 8 heteroatoms. The number of fused-ring (bicyclic) bond motifs is 8. The number of hydrogen-bond acceptors (Lipinski definition) is 6. The average Bonchev–Trinajstić information content (AvgIpc) is 3.40. The molecule has 32 heavy (non-hydrogen) atoms. The number of aromatic nitrogens is 6. The third-order valence-corrected chi connectivity index (χ3v) is 6.37. The molecule has 2 aromatic carbocycles. The van der Waals surface area contributed by atoms with Gasteiger partial charge in [-0.25, -0.2) is 19.9 Å². The van der Waals surface area contributed by atoms with Crippen LogP contribution in [0.4, 0.5) is 0 Å². The molecule has 8 rings (SSSR count). The summed E-state index contributed by atoms with van der Waals surface area (Å²) in [5, 5.41) is 4.13. The fourth-order valence-electron chi connectivity index (χ4n) is 5.07. The minimum atomic E-state index is -0.181. The van der Waals surface area contributed by atoms with Crippen molar-refractivity contribution in [3.05, 3.63) is 81.6 Å². The van der Waals surface area contributed by atoms with Gasteiger partial charge in [0.1, 0.15) is 0 Å². The molecule has 0 saturated carbocycles. The molecule has 0 atom stereocenters. The van der Waals surface area contributed by atoms with E-state index in [0.717, 1.165) is 21.5 Å². The second-order valence-corrected chi connectivity index (χ2v) is 7.92. The summed E-state index contributed by atoms with van der Waals surface area (Å²) in [5.74, 6) is 0. The standard InChI is InChI=1S/C24H10N6O2/c31-23-13-7-6-12-18-14(24(32)30-16-4-2-10-26-20(16)28-22(12)30)8-5-11(17(13)18)21-27-19-15(29(21)23)3-1-9-25-19/h1-10H. The number of benzene rings is 2. The zero-order valence-corrected chi connectivity index (χ0v) is 16.3. The molecule has 0 spiro atoms. The first kappa shape index (κ1) is 16.0. The molecule has 8 aromatic rings. The van der Waals surface area contributed by atoms with E-state index in [-0.39, 0.29) is 11.1 Å². The quantitative estimate of drug-likeness (QED) is 0.354. The molecule has 6 aromatic heterocycles. The Morgan fingerprint density at radius 1 is 0.562 bits per heavy atom. The second-order valence-electron chi connectivity index (χ2n) is 7.92. The Balaban J connectivity index is 1.73. The van der Waals surface area contributed by atoms with Gasteiger partial charge in [0.2, 0.25) is 0 Å². The van der Waals surface area contributed by atoms with Crippen LogP contribution in [-0.2, 0) is 0 Å². The van der Waals surface area contributed by atoms with Gasteiger partial charge in [-0.15, -0.1) is 0 Å². The van der Waals surface area contributed by atoms with Crippen molar-refractivity contribution < 1.29 is 0 Å². The van der Waals surface area contributed by atoms with Gasteiger partial charge in [-0.1, -0.05) is 0 Å². The number of rotatable bonds is 0. The summed E-state index contributed by atoms with van der Waals surface area (Å²) in [6.45, 7) is 0. The zero-order valence-electron chi connectivity index (χ0n) is 16.3. The maximum Gasteiger partial charge on any atom is 0.264 e. The van der Waals surface area contributed by atoms with Crippen LogP contribution in [0, 0.1) is 0 Å². The third kappa shape index (κ3) is 1.64. The van der Waals surface area contributed by atoms with E-state index in [0.29, 0.717) is 44.4 Å². The predicted octanol–water partition coefficient (Wildman–Crippen LogP) is 3.13. The van der Waals surface area contributed by atoms with E-state index in [1.165, 1.54) is 0 Å². The number of nitrogens with zero attached hydrogens (tertiary/aromatic N) is 6. The lowest BCUT2D eigenvalue weighted by atomic mass is 9.96. The van der Waals surface area contributed by atoms with Crippen LogP contribution in [0.2, 0.25) is 0 Å². The summed E-state index contributed by atoms with van der Waals surface area (Å²) in [6, 6.07) is 14.6. The van der Waals surface area contributed by atoms with Crippen LogP contribution in [0.3, 0.4) is 0 Å². The molecule has 0 aliphatic carbocycles. The van der Waals surface area contributed by atoms with Crippen LogP contribution in [0.15, 0.2) is 70.5 Å². The van der Waals surface area contributed by atoms with Crippen molar-refractivity contribution in [1.29, 1.82) is 0 Å². The van der Waals surface area contributed by atoms with Crippen molar-refractivity contribution >= 4 is 65.9 Å². The maximum absolute atomic E-state index is 13.5. The monoisotopic (exact) mass is 414 g/mol. The molecule has 0 fully saturated rings. The summed E-state index contributed by atoms with van der Waals surface area (Å²) in [5.41, 5.74) is 3.06. The summed E-state index contributed by atoms with van der Waals surface area (Å²) in [6.07, 6.45) is 3.32. The maximum atomic E-state index is 13.5. The zero-order chi connectivity index (χ0) is 21.1. The topological polar surface area (TPSA) is 94.5 Å². The van der Waals surface area contributed by atoms with E-state index in [1.54, 1.807) is 33.3 Å². The molecule has 6 heterocycles. The number of imidazole rings is 2. The number of pyridine rings is 4. The lowest BCUT2D eigenvalue weighted by Crippen LogP contribution is -2.16. The first-order valence-corrected chi connectivity index (χ1v) is 10.1. The molecule has 0 amide bonds. The molecule has 0 radical (unpaired) electrons. The van der Waals surface area contributed by atoms with Gasteiger partial charge in [0, 0.05) is 44.7 Å². The Labute approximate surface area is 176 Å². The normalized spacial score (nSPS) is 12.6. The van der Waals surface area contributed by atoms with Crippen molar-refractivity contribution in [2.24, 2.45) is 0 Å². The molecular formula is C24H10N6O2. The third-order valence-electron chi connectivity index (χ3n) is 6.37. The SMILES string of the molecule is O=c1c2ccc3c4c(ccc(c24)c2nc4ncccc4n12)c(=O)n1c2cccnc2nc31. The van der Waals surface area contributed by atoms with Crippen molar-refractivity contribution in [2.45, 2.75) is 0 Å². The van der Waals surface area contributed by atoms with Crippen molar-refractivity contribution in [2.75, 3.05) is 0 Å². The van der Waals surface area contributed by atoms with Gasteiger partial charge in [-0.05, 0) is 48.5 Å². The molecule has 148 valence electrons. The lowest BCUT2D eigenvalue weighted by molar-refractivity contribution is 1.18. The Morgan fingerprint density at radius 3 is 1.47 bits per heavy atom. The van der Waals surface area contributed by atoms with Crippen LogP contribution in [-0.4, -0.2) is 28.7 Å². The van der Waals surface area contributed by atoms with E-state index >= 15 is 0 Å². The average molecular weight is 414 g/mol. The molecule has 0 bridgehead atoms. The van der Waals surface area contributed by atoms with Crippen LogP contribution < -0.4 is 11.1 Å². The van der Waals surface area contributed by atoms with E-state index in [4.69, 9.17) is 0 Å². The predicted molar refractivity (Wildman–Crippen MR) is 122 cm³/mol. The van der Waals surface area contributed by atoms with Gasteiger partial charge >= 0.3 is 0 Å². The fourth-order valence-corrected chi connectivity index (χ4v) is 5.07. The van der Waals surface area contributed by atoms with Crippen LogP contribution in [0.25, 0.3) is 65.9 Å². The Morgan fingerprint density at radius 2 is 1.00 bits per heavy atom. The van der Waals surface area contributed by atoms with Gasteiger partial charge in [-0.2, -0.15) is 0 Å². The fraction of sp³-hybridized carbons (Fsp3) is 0. The highest BCUT2D eigenvalue weighted by atomic mass is 16.1. The highest BCUT2D eigenvalue weighted by molar-refractivity contribution is 6.27. The van der Waals surface area contributed by atoms with Gasteiger partial charge in [0.05, 0.1) is 11.0 Å². The summed E-state index contributed by atoms with van der Waals surface area (Å²) in [7, 11) is 0. The van der Waals surface area contributed by atoms with E-state index in [2.05, 4.69) is 19.9 Å². The lowest BCUT2D eigenvalue weighted by Gasteiger charge is -2.11. The number of hydrogen-bond donors (Lipinski definition) is 0. The van der Waals surface area contributed by atoms with E-state index < -0.39 is 0 Å². The highest BCUT2D eigenvalue weighted by Crippen LogP contribution is 2.36. The van der Waals surface area contributed by atoms with Gasteiger partial charge in [-0.3, -0.25) is 18.4 Å². The van der Waals surface area contributed by atoms with Gasteiger partial charge in [0.15, 0.2) is 22.6 Å². The van der Waals surface area contributed by atoms with Crippen molar-refractivity contribution in [3.8, 4) is 0 Å². The Kier molecular flexibility index (Phi) is 2.56. The largest absolute Gasteiger partial charge is 0.268 e. The summed E-state index contributed by atoms with van der Waals surface area (Å²) < 4.78 is 3.21. The molecular weight excluding hydrogens is 404 g/mol. The Bertz CT molecular complexity index is 2040. The van der Waals surface area contributed by atoms with Crippen LogP contribution in [0.1, 0.15) is 0 Å². The molecule has 8 nitrogen and oxygen atoms in total. The molecule has 0 unspecified atom stereocenters. The summed E-state index contributed by atoms with van der Waals surface area (Å²) >= 11 is 0. The van der Waals surface area contributed by atoms with E-state index in [1.807, 2.05) is 36.4 Å². The Hall–Kier alpha value is -4.72. The first-order valence-electron chi connectivity index (χ1n) is 10.1. The van der Waals surface area contributed by atoms with Crippen molar-refractivity contribution in [1.82, 2.24) is 28.7 Å². The van der Waals surface area contributed by atoms with Crippen LogP contribution >= 0.6 is 0 Å². The van der Waals surface area contributed by atoms with Crippen LogP contribution in [0.5, 0.6) is 0 Å². The highest BCUT2D eigenvalue weighted by Gasteiger charge is 2.22. The minimum Gasteiger partial charge on any atom is -0.268 e. The van der Waals surface area contributed by atoms with E-state index in [9.17, 15) is 9.59 Å².